The highest BCUT2D eigenvalue weighted by Gasteiger charge is 2.48. The summed E-state index contributed by atoms with van der Waals surface area (Å²) in [6.45, 7) is 4.44. The van der Waals surface area contributed by atoms with E-state index in [-0.39, 0.29) is 23.5 Å². The molecule has 1 saturated carbocycles. The Balaban J connectivity index is 1.96. The summed E-state index contributed by atoms with van der Waals surface area (Å²) in [6, 6.07) is 0.0136. The fourth-order valence-electron chi connectivity index (χ4n) is 2.03. The zero-order valence-electron chi connectivity index (χ0n) is 10.6. The topological polar surface area (TPSA) is 88.2 Å². The van der Waals surface area contributed by atoms with Gasteiger partial charge in [0.2, 0.25) is 0 Å². The summed E-state index contributed by atoms with van der Waals surface area (Å²) in [5, 5.41) is 15.2. The molecule has 1 aromatic heterocycles. The number of hydrogen-bond donors (Lipinski definition) is 3. The zero-order valence-corrected chi connectivity index (χ0v) is 11.5. The largest absolute Gasteiger partial charge is 0.392 e. The van der Waals surface area contributed by atoms with Crippen LogP contribution in [-0.2, 0) is 6.42 Å². The Kier molecular flexibility index (Phi) is 3.70. The van der Waals surface area contributed by atoms with Crippen LogP contribution < -0.4 is 11.1 Å². The third kappa shape index (κ3) is 2.41. The molecule has 2 atom stereocenters. The molecule has 1 aliphatic rings. The third-order valence-electron chi connectivity index (χ3n) is 3.66. The van der Waals surface area contributed by atoms with Gasteiger partial charge >= 0.3 is 0 Å². The minimum atomic E-state index is -0.342. The van der Waals surface area contributed by atoms with Gasteiger partial charge in [0.15, 0.2) is 0 Å². The van der Waals surface area contributed by atoms with E-state index in [1.54, 1.807) is 5.38 Å². The first-order chi connectivity index (χ1) is 8.45. The second-order valence-electron chi connectivity index (χ2n) is 5.26. The summed E-state index contributed by atoms with van der Waals surface area (Å²) in [5.74, 6) is -0.167. The number of carbonyl (C=O) groups excluding carboxylic acids is 1. The number of carbonyl (C=O) groups is 1. The first-order valence-electron chi connectivity index (χ1n) is 6.08. The molecule has 0 radical (unpaired) electrons. The molecule has 0 aromatic carbocycles. The van der Waals surface area contributed by atoms with E-state index in [2.05, 4.69) is 10.3 Å². The minimum Gasteiger partial charge on any atom is -0.392 e. The van der Waals surface area contributed by atoms with Crippen LogP contribution in [0.1, 0.15) is 35.8 Å². The van der Waals surface area contributed by atoms with Gasteiger partial charge in [0.1, 0.15) is 5.69 Å². The fraction of sp³-hybridized carbons (Fsp3) is 0.667. The number of rotatable bonds is 4. The predicted octanol–water partition coefficient (Wildman–Crippen LogP) is 0.533. The lowest BCUT2D eigenvalue weighted by Crippen LogP contribution is -2.61. The van der Waals surface area contributed by atoms with E-state index in [0.29, 0.717) is 25.1 Å². The van der Waals surface area contributed by atoms with Gasteiger partial charge in [-0.15, -0.1) is 11.3 Å². The number of amides is 1. The van der Waals surface area contributed by atoms with Crippen LogP contribution in [0, 0.1) is 5.41 Å². The standard InChI is InChI=1S/C12H19N3O2S/c1-12(2)8(5-9(12)16)15-11(17)7-6-18-10(14-7)3-4-13/h6,8-9,16H,3-5,13H2,1-2H3,(H,15,17). The maximum Gasteiger partial charge on any atom is 0.270 e. The van der Waals surface area contributed by atoms with Crippen molar-refractivity contribution in [1.29, 1.82) is 0 Å². The summed E-state index contributed by atoms with van der Waals surface area (Å²) in [5.41, 5.74) is 5.63. The fourth-order valence-corrected chi connectivity index (χ4v) is 2.83. The molecule has 1 amide bonds. The van der Waals surface area contributed by atoms with Gasteiger partial charge in [-0.3, -0.25) is 4.79 Å². The molecule has 100 valence electrons. The van der Waals surface area contributed by atoms with Gasteiger partial charge in [0, 0.05) is 23.3 Å². The second kappa shape index (κ2) is 4.95. The highest BCUT2D eigenvalue weighted by molar-refractivity contribution is 7.09. The van der Waals surface area contributed by atoms with Crippen molar-refractivity contribution in [2.24, 2.45) is 11.1 Å². The van der Waals surface area contributed by atoms with Gasteiger partial charge in [-0.05, 0) is 13.0 Å². The van der Waals surface area contributed by atoms with E-state index in [0.717, 1.165) is 5.01 Å². The van der Waals surface area contributed by atoms with Crippen molar-refractivity contribution in [2.75, 3.05) is 6.54 Å². The maximum absolute atomic E-state index is 12.0. The molecule has 0 aliphatic heterocycles. The number of nitrogens with zero attached hydrogens (tertiary/aromatic N) is 1. The number of thiazole rings is 1. The molecule has 1 aromatic rings. The van der Waals surface area contributed by atoms with Crippen LogP contribution in [0.4, 0.5) is 0 Å². The van der Waals surface area contributed by atoms with Crippen LogP contribution in [0.15, 0.2) is 5.38 Å². The number of nitrogens with one attached hydrogen (secondary N) is 1. The molecular weight excluding hydrogens is 250 g/mol. The molecule has 1 heterocycles. The summed E-state index contributed by atoms with van der Waals surface area (Å²) in [6.07, 6.45) is 0.968. The summed E-state index contributed by atoms with van der Waals surface area (Å²) >= 11 is 1.45. The predicted molar refractivity (Wildman–Crippen MR) is 70.5 cm³/mol. The van der Waals surface area contributed by atoms with Crippen LogP contribution in [0.2, 0.25) is 0 Å². The van der Waals surface area contributed by atoms with E-state index in [1.807, 2.05) is 13.8 Å². The first kappa shape index (κ1) is 13.5. The van der Waals surface area contributed by atoms with Gasteiger partial charge in [0.25, 0.3) is 5.91 Å². The highest BCUT2D eigenvalue weighted by Crippen LogP contribution is 2.40. The molecule has 6 heteroatoms. The van der Waals surface area contributed by atoms with E-state index in [4.69, 9.17) is 5.73 Å². The molecule has 2 rings (SSSR count). The van der Waals surface area contributed by atoms with E-state index >= 15 is 0 Å². The van der Waals surface area contributed by atoms with Crippen molar-refractivity contribution < 1.29 is 9.90 Å². The Bertz CT molecular complexity index is 444. The van der Waals surface area contributed by atoms with Gasteiger partial charge in [-0.1, -0.05) is 13.8 Å². The van der Waals surface area contributed by atoms with Crippen LogP contribution in [0.25, 0.3) is 0 Å². The summed E-state index contributed by atoms with van der Waals surface area (Å²) in [7, 11) is 0. The van der Waals surface area contributed by atoms with Gasteiger partial charge in [0.05, 0.1) is 11.1 Å². The monoisotopic (exact) mass is 269 g/mol. The van der Waals surface area contributed by atoms with Crippen molar-refractivity contribution in [2.45, 2.75) is 38.8 Å². The zero-order chi connectivity index (χ0) is 13.3. The van der Waals surface area contributed by atoms with Crippen molar-refractivity contribution in [3.63, 3.8) is 0 Å². The van der Waals surface area contributed by atoms with E-state index in [9.17, 15) is 9.90 Å². The smallest absolute Gasteiger partial charge is 0.270 e. The number of hydrogen-bond acceptors (Lipinski definition) is 5. The Labute approximate surface area is 110 Å². The molecule has 1 aliphatic carbocycles. The lowest BCUT2D eigenvalue weighted by molar-refractivity contribution is -0.0690. The minimum absolute atomic E-state index is 0.0136. The Morgan fingerprint density at radius 1 is 1.72 bits per heavy atom. The lowest BCUT2D eigenvalue weighted by atomic mass is 9.64. The molecular formula is C12H19N3O2S. The molecule has 0 saturated heterocycles. The SMILES string of the molecule is CC1(C)C(O)CC1NC(=O)c1csc(CCN)n1. The Morgan fingerprint density at radius 2 is 2.44 bits per heavy atom. The van der Waals surface area contributed by atoms with Crippen LogP contribution >= 0.6 is 11.3 Å². The highest BCUT2D eigenvalue weighted by atomic mass is 32.1. The number of aliphatic hydroxyl groups excluding tert-OH is 1. The first-order valence-corrected chi connectivity index (χ1v) is 6.96. The van der Waals surface area contributed by atoms with Gasteiger partial charge in [-0.2, -0.15) is 0 Å². The van der Waals surface area contributed by atoms with Crippen molar-refractivity contribution in [3.05, 3.63) is 16.1 Å². The van der Waals surface area contributed by atoms with E-state index in [1.165, 1.54) is 11.3 Å². The van der Waals surface area contributed by atoms with Gasteiger partial charge in [-0.25, -0.2) is 4.98 Å². The average Bonchev–Trinajstić information content (AvgIpc) is 2.78. The average molecular weight is 269 g/mol. The molecule has 0 bridgehead atoms. The van der Waals surface area contributed by atoms with Crippen LogP contribution in [-0.4, -0.2) is 34.7 Å². The van der Waals surface area contributed by atoms with Gasteiger partial charge < -0.3 is 16.2 Å². The molecule has 18 heavy (non-hydrogen) atoms. The number of aliphatic hydroxyl groups is 1. The molecule has 2 unspecified atom stereocenters. The number of aromatic nitrogens is 1. The maximum atomic E-state index is 12.0. The lowest BCUT2D eigenvalue weighted by Gasteiger charge is -2.49. The summed E-state index contributed by atoms with van der Waals surface area (Å²) < 4.78 is 0. The van der Waals surface area contributed by atoms with Crippen molar-refractivity contribution >= 4 is 17.2 Å². The summed E-state index contributed by atoms with van der Waals surface area (Å²) in [4.78, 5) is 16.2. The number of nitrogens with two attached hydrogens (primary N) is 1. The molecule has 0 spiro atoms. The van der Waals surface area contributed by atoms with Crippen LogP contribution in [0.5, 0.6) is 0 Å². The quantitative estimate of drug-likeness (QED) is 0.744. The molecule has 4 N–H and O–H groups in total. The van der Waals surface area contributed by atoms with Crippen molar-refractivity contribution in [3.8, 4) is 0 Å². The second-order valence-corrected chi connectivity index (χ2v) is 6.21. The third-order valence-corrected chi connectivity index (χ3v) is 4.57. The van der Waals surface area contributed by atoms with E-state index < -0.39 is 0 Å². The molecule has 1 fully saturated rings. The van der Waals surface area contributed by atoms with Crippen LogP contribution in [0.3, 0.4) is 0 Å². The Hall–Kier alpha value is -0.980. The Morgan fingerprint density at radius 3 is 3.00 bits per heavy atom. The normalized spacial score (nSPS) is 25.6. The molecule has 5 nitrogen and oxygen atoms in total. The van der Waals surface area contributed by atoms with Crippen molar-refractivity contribution in [1.82, 2.24) is 10.3 Å².